The van der Waals surface area contributed by atoms with E-state index >= 15 is 0 Å². The summed E-state index contributed by atoms with van der Waals surface area (Å²) in [7, 11) is -4.49. The van der Waals surface area contributed by atoms with Crippen LogP contribution in [0.25, 0.3) is 0 Å². The Balaban J connectivity index is 2.54. The Morgan fingerprint density at radius 1 is 1.02 bits per heavy atom. The van der Waals surface area contributed by atoms with Crippen LogP contribution in [0.4, 0.5) is 0 Å². The van der Waals surface area contributed by atoms with E-state index < -0.39 is 31.1 Å². The van der Waals surface area contributed by atoms with Gasteiger partial charge >= 0.3 is 5.97 Å². The molecule has 0 spiro atoms. The summed E-state index contributed by atoms with van der Waals surface area (Å²) in [6.45, 7) is 27.6. The molecule has 4 atom stereocenters. The minimum atomic E-state index is -2.15. The van der Waals surface area contributed by atoms with E-state index in [0.29, 0.717) is 6.42 Å². The van der Waals surface area contributed by atoms with Gasteiger partial charge in [0.15, 0.2) is 16.6 Å². The molecule has 1 N–H and O–H groups in total. The molecule has 2 rings (SSSR count). The lowest BCUT2D eigenvalue weighted by Crippen LogP contribution is -2.42. The first-order valence-electron chi connectivity index (χ1n) is 19.4. The molecular formula is C40H74O6Si3. The second-order valence-electron chi connectivity index (χ2n) is 17.6. The number of aliphatic hydroxyl groups is 1. The molecule has 0 aromatic carbocycles. The van der Waals surface area contributed by atoms with Crippen molar-refractivity contribution in [2.45, 2.75) is 193 Å². The van der Waals surface area contributed by atoms with Crippen LogP contribution in [0.1, 0.15) is 119 Å². The number of carbonyl (C=O) groups is 1. The average Bonchev–Trinajstić information content (AvgIpc) is 3.64. The normalized spacial score (nSPS) is 21.5. The van der Waals surface area contributed by atoms with Gasteiger partial charge < -0.3 is 23.1 Å². The average molecular weight is 735 g/mol. The number of esters is 1. The molecule has 0 aromatic rings. The highest BCUT2D eigenvalue weighted by atomic mass is 28.4. The SMILES string of the molecule is CC[Si](CC)(CC)OC1CC(O[Si](C)(C)C(C)(C)C)=C(CC#CC(O)CCC(=O)OC)C1/C=C/CC(C)(CCC1CCCC1)O[Si](C)(C)C. The minimum Gasteiger partial charge on any atom is -0.546 e. The lowest BCUT2D eigenvalue weighted by Gasteiger charge is -2.37. The van der Waals surface area contributed by atoms with E-state index in [2.05, 4.69) is 105 Å². The van der Waals surface area contributed by atoms with Crippen molar-refractivity contribution in [3.63, 3.8) is 0 Å². The molecule has 282 valence electrons. The quantitative estimate of drug-likeness (QED) is 0.0616. The predicted molar refractivity (Wildman–Crippen MR) is 213 cm³/mol. The second-order valence-corrected chi connectivity index (χ2v) is 31.4. The Morgan fingerprint density at radius 3 is 2.16 bits per heavy atom. The fraction of sp³-hybridized carbons (Fsp3) is 0.825. The first-order chi connectivity index (χ1) is 22.7. The third kappa shape index (κ3) is 14.1. The van der Waals surface area contributed by atoms with Crippen molar-refractivity contribution < 1.29 is 27.9 Å². The maximum atomic E-state index is 11.7. The maximum absolute atomic E-state index is 11.7. The monoisotopic (exact) mass is 734 g/mol. The van der Waals surface area contributed by atoms with Crippen LogP contribution >= 0.6 is 0 Å². The van der Waals surface area contributed by atoms with Crippen LogP contribution < -0.4 is 0 Å². The summed E-state index contributed by atoms with van der Waals surface area (Å²) in [5.74, 6) is 7.90. The largest absolute Gasteiger partial charge is 0.546 e. The Bertz CT molecular complexity index is 1150. The molecule has 2 aliphatic rings. The van der Waals surface area contributed by atoms with Gasteiger partial charge in [-0.2, -0.15) is 0 Å². The lowest BCUT2D eigenvalue weighted by molar-refractivity contribution is -0.141. The molecule has 0 saturated heterocycles. The fourth-order valence-electron chi connectivity index (χ4n) is 7.21. The molecule has 0 heterocycles. The molecule has 1 saturated carbocycles. The standard InChI is InChI=1S/C40H74O6Si3/c1-14-49(15-2,16-3)45-37-31-36(44-48(12,13)39(4,5)6)34(24-19-23-33(41)26-27-38(42)43-8)35(37)25-20-29-40(7,46-47(9,10)11)30-28-32-21-17-18-22-32/h20,25,32-33,35,37,41H,14-18,21-22,24,26-31H2,1-13H3/b25-20+. The fourth-order valence-corrected chi connectivity index (χ4v) is 12.9. The second kappa shape index (κ2) is 19.1. The van der Waals surface area contributed by atoms with Crippen molar-refractivity contribution in [2.75, 3.05) is 7.11 Å². The van der Waals surface area contributed by atoms with Gasteiger partial charge in [0, 0.05) is 25.2 Å². The molecule has 2 aliphatic carbocycles. The highest BCUT2D eigenvalue weighted by molar-refractivity contribution is 6.74. The zero-order valence-electron chi connectivity index (χ0n) is 33.9. The Morgan fingerprint density at radius 2 is 1.63 bits per heavy atom. The van der Waals surface area contributed by atoms with Gasteiger partial charge in [-0.1, -0.05) is 91.2 Å². The number of ether oxygens (including phenoxy) is 1. The number of rotatable bonds is 19. The summed E-state index contributed by atoms with van der Waals surface area (Å²) in [5, 5.41) is 10.6. The molecule has 6 nitrogen and oxygen atoms in total. The highest BCUT2D eigenvalue weighted by Crippen LogP contribution is 2.46. The summed E-state index contributed by atoms with van der Waals surface area (Å²) < 4.78 is 26.1. The van der Waals surface area contributed by atoms with Crippen molar-refractivity contribution in [2.24, 2.45) is 11.8 Å². The van der Waals surface area contributed by atoms with Crippen LogP contribution in [0.3, 0.4) is 0 Å². The van der Waals surface area contributed by atoms with Crippen LogP contribution in [0.15, 0.2) is 23.5 Å². The number of aliphatic hydroxyl groups excluding tert-OH is 1. The molecule has 0 radical (unpaired) electrons. The topological polar surface area (TPSA) is 74.2 Å². The van der Waals surface area contributed by atoms with Crippen molar-refractivity contribution in [3.05, 3.63) is 23.5 Å². The summed E-state index contributed by atoms with van der Waals surface area (Å²) in [6, 6.07) is 3.28. The lowest BCUT2D eigenvalue weighted by atomic mass is 9.89. The van der Waals surface area contributed by atoms with Gasteiger partial charge in [0.1, 0.15) is 6.10 Å². The van der Waals surface area contributed by atoms with Gasteiger partial charge in [0.2, 0.25) is 8.32 Å². The van der Waals surface area contributed by atoms with Crippen LogP contribution in [-0.4, -0.2) is 60.9 Å². The molecular weight excluding hydrogens is 661 g/mol. The molecule has 9 heteroatoms. The van der Waals surface area contributed by atoms with Gasteiger partial charge in [0.25, 0.3) is 0 Å². The van der Waals surface area contributed by atoms with E-state index in [1.807, 2.05) is 0 Å². The first kappa shape index (κ1) is 44.0. The predicted octanol–water partition coefficient (Wildman–Crippen LogP) is 10.9. The van der Waals surface area contributed by atoms with Gasteiger partial charge in [-0.05, 0) is 100 Å². The van der Waals surface area contributed by atoms with Gasteiger partial charge in [0.05, 0.1) is 24.6 Å². The Kier molecular flexibility index (Phi) is 17.1. The first-order valence-corrected chi connectivity index (χ1v) is 28.3. The van der Waals surface area contributed by atoms with Crippen molar-refractivity contribution in [1.82, 2.24) is 0 Å². The Labute approximate surface area is 305 Å². The van der Waals surface area contributed by atoms with E-state index in [1.54, 1.807) is 0 Å². The van der Waals surface area contributed by atoms with Crippen molar-refractivity contribution >= 4 is 30.9 Å². The van der Waals surface area contributed by atoms with Crippen LogP contribution in [0.2, 0.25) is 55.9 Å². The smallest absolute Gasteiger partial charge is 0.305 e. The van der Waals surface area contributed by atoms with E-state index in [0.717, 1.165) is 49.1 Å². The maximum Gasteiger partial charge on any atom is 0.305 e. The molecule has 49 heavy (non-hydrogen) atoms. The molecule has 0 aromatic heterocycles. The molecule has 0 aliphatic heterocycles. The molecule has 4 unspecified atom stereocenters. The van der Waals surface area contributed by atoms with E-state index in [1.165, 1.54) is 44.8 Å². The number of hydrogen-bond acceptors (Lipinski definition) is 6. The Hall–Kier alpha value is -1.16. The molecule has 1 fully saturated rings. The van der Waals surface area contributed by atoms with E-state index in [9.17, 15) is 9.90 Å². The van der Waals surface area contributed by atoms with E-state index in [-0.39, 0.29) is 41.5 Å². The minimum absolute atomic E-state index is 0.00578. The molecule has 0 amide bonds. The van der Waals surface area contributed by atoms with Crippen LogP contribution in [-0.2, 0) is 22.8 Å². The molecule has 0 bridgehead atoms. The van der Waals surface area contributed by atoms with Gasteiger partial charge in [-0.3, -0.25) is 4.79 Å². The number of methoxy groups -OCH3 is 1. The zero-order valence-corrected chi connectivity index (χ0v) is 36.9. The summed E-state index contributed by atoms with van der Waals surface area (Å²) >= 11 is 0. The van der Waals surface area contributed by atoms with Gasteiger partial charge in [-0.15, -0.1) is 0 Å². The summed E-state index contributed by atoms with van der Waals surface area (Å²) in [4.78, 5) is 11.7. The third-order valence-corrected chi connectivity index (χ3v) is 21.6. The van der Waals surface area contributed by atoms with Crippen LogP contribution in [0, 0.1) is 23.7 Å². The number of hydrogen-bond donors (Lipinski definition) is 1. The summed E-state index contributed by atoms with van der Waals surface area (Å²) in [5.41, 5.74) is 0.991. The zero-order chi connectivity index (χ0) is 37.1. The van der Waals surface area contributed by atoms with Gasteiger partial charge in [-0.25, -0.2) is 0 Å². The van der Waals surface area contributed by atoms with Crippen LogP contribution in [0.5, 0.6) is 0 Å². The third-order valence-electron chi connectivity index (χ3n) is 11.5. The van der Waals surface area contributed by atoms with Crippen molar-refractivity contribution in [1.29, 1.82) is 0 Å². The summed E-state index contributed by atoms with van der Waals surface area (Å²) in [6.07, 6.45) is 14.2. The number of carbonyl (C=O) groups excluding carboxylic acids is 1. The van der Waals surface area contributed by atoms with Crippen molar-refractivity contribution in [3.8, 4) is 11.8 Å². The van der Waals surface area contributed by atoms with E-state index in [4.69, 9.17) is 18.0 Å². The highest BCUT2D eigenvalue weighted by Gasteiger charge is 2.45.